The molecule has 0 heterocycles. The minimum Gasteiger partial charge on any atom is -0.326 e. The van der Waals surface area contributed by atoms with Crippen LogP contribution in [0.15, 0.2) is 48.5 Å². The topological polar surface area (TPSA) is 87.3 Å². The Kier molecular flexibility index (Phi) is 8.55. The van der Waals surface area contributed by atoms with E-state index in [9.17, 15) is 14.4 Å². The molecule has 2 aromatic rings. The molecule has 0 spiro atoms. The van der Waals surface area contributed by atoms with Crippen LogP contribution in [0, 0.1) is 6.92 Å². The maximum absolute atomic E-state index is 12.0. The van der Waals surface area contributed by atoms with Gasteiger partial charge in [0.25, 0.3) is 0 Å². The van der Waals surface area contributed by atoms with Gasteiger partial charge in [0.15, 0.2) is 0 Å². The molecule has 0 bridgehead atoms. The van der Waals surface area contributed by atoms with Crippen LogP contribution in [0.3, 0.4) is 0 Å². The summed E-state index contributed by atoms with van der Waals surface area (Å²) in [6, 6.07) is 14.7. The zero-order valence-corrected chi connectivity index (χ0v) is 16.9. The molecule has 0 aliphatic rings. The first-order valence-electron chi connectivity index (χ1n) is 9.04. The summed E-state index contributed by atoms with van der Waals surface area (Å²) < 4.78 is 0. The first kappa shape index (κ1) is 21.5. The molecule has 0 saturated heterocycles. The van der Waals surface area contributed by atoms with Gasteiger partial charge in [0.2, 0.25) is 17.7 Å². The summed E-state index contributed by atoms with van der Waals surface area (Å²) >= 11 is 1.48. The third kappa shape index (κ3) is 8.26. The van der Waals surface area contributed by atoms with Gasteiger partial charge in [-0.3, -0.25) is 14.4 Å². The lowest BCUT2D eigenvalue weighted by molar-refractivity contribution is -0.116. The number of nitrogens with one attached hydrogen (secondary N) is 3. The van der Waals surface area contributed by atoms with Gasteiger partial charge in [-0.15, -0.1) is 0 Å². The number of thioether (sulfide) groups is 1. The van der Waals surface area contributed by atoms with Gasteiger partial charge >= 0.3 is 0 Å². The smallest absolute Gasteiger partial charge is 0.234 e. The van der Waals surface area contributed by atoms with Crippen molar-refractivity contribution in [2.24, 2.45) is 0 Å². The quantitative estimate of drug-likeness (QED) is 0.555. The SMILES string of the molecule is CC(=O)Nc1cccc(NC(=O)CSCCCC(=O)Nc2cccc(C)c2)c1. The predicted molar refractivity (Wildman–Crippen MR) is 116 cm³/mol. The van der Waals surface area contributed by atoms with E-state index in [1.165, 1.54) is 18.7 Å². The van der Waals surface area contributed by atoms with E-state index in [1.807, 2.05) is 31.2 Å². The molecule has 0 aliphatic heterocycles. The van der Waals surface area contributed by atoms with E-state index in [2.05, 4.69) is 16.0 Å². The van der Waals surface area contributed by atoms with Gasteiger partial charge in [-0.2, -0.15) is 11.8 Å². The van der Waals surface area contributed by atoms with Gasteiger partial charge in [-0.1, -0.05) is 18.2 Å². The fraction of sp³-hybridized carbons (Fsp3) is 0.286. The standard InChI is InChI=1S/C21H25N3O3S/c1-15-6-3-7-17(12-15)23-20(26)10-5-11-28-14-21(27)24-19-9-4-8-18(13-19)22-16(2)25/h3-4,6-9,12-13H,5,10-11,14H2,1-2H3,(H,22,25)(H,23,26)(H,24,27). The number of amides is 3. The van der Waals surface area contributed by atoms with E-state index < -0.39 is 0 Å². The Hall–Kier alpha value is -2.80. The summed E-state index contributed by atoms with van der Waals surface area (Å²) in [5.74, 6) is 0.731. The molecule has 2 rings (SSSR count). The molecule has 0 fully saturated rings. The summed E-state index contributed by atoms with van der Waals surface area (Å²) in [5.41, 5.74) is 3.17. The van der Waals surface area contributed by atoms with Gasteiger partial charge in [-0.25, -0.2) is 0 Å². The van der Waals surface area contributed by atoms with Crippen molar-refractivity contribution >= 4 is 46.5 Å². The Bertz CT molecular complexity index is 839. The van der Waals surface area contributed by atoms with Crippen molar-refractivity contribution in [3.63, 3.8) is 0 Å². The third-order valence-electron chi connectivity index (χ3n) is 3.69. The Morgan fingerprint density at radius 1 is 0.857 bits per heavy atom. The highest BCUT2D eigenvalue weighted by Crippen LogP contribution is 2.16. The zero-order chi connectivity index (χ0) is 20.4. The largest absolute Gasteiger partial charge is 0.326 e. The fourth-order valence-corrected chi connectivity index (χ4v) is 3.27. The van der Waals surface area contributed by atoms with Crippen molar-refractivity contribution in [3.05, 3.63) is 54.1 Å². The normalized spacial score (nSPS) is 10.2. The molecule has 0 aliphatic carbocycles. The summed E-state index contributed by atoms with van der Waals surface area (Å²) in [6.45, 7) is 3.41. The Morgan fingerprint density at radius 3 is 2.14 bits per heavy atom. The van der Waals surface area contributed by atoms with E-state index in [1.54, 1.807) is 24.3 Å². The van der Waals surface area contributed by atoms with E-state index in [0.717, 1.165) is 17.0 Å². The van der Waals surface area contributed by atoms with Crippen LogP contribution >= 0.6 is 11.8 Å². The summed E-state index contributed by atoms with van der Waals surface area (Å²) in [7, 11) is 0. The van der Waals surface area contributed by atoms with Gasteiger partial charge in [0.1, 0.15) is 0 Å². The summed E-state index contributed by atoms with van der Waals surface area (Å²) in [4.78, 5) is 35.0. The molecule has 148 valence electrons. The van der Waals surface area contributed by atoms with Gasteiger partial charge < -0.3 is 16.0 Å². The molecule has 28 heavy (non-hydrogen) atoms. The maximum atomic E-state index is 12.0. The molecule has 0 unspecified atom stereocenters. The Balaban J connectivity index is 1.63. The molecule has 2 aromatic carbocycles. The number of carbonyl (C=O) groups is 3. The number of rotatable bonds is 9. The van der Waals surface area contributed by atoms with Crippen LogP contribution < -0.4 is 16.0 Å². The zero-order valence-electron chi connectivity index (χ0n) is 16.1. The second kappa shape index (κ2) is 11.1. The van der Waals surface area contributed by atoms with Crippen molar-refractivity contribution in [2.75, 3.05) is 27.5 Å². The molecule has 0 atom stereocenters. The minimum atomic E-state index is -0.162. The van der Waals surface area contributed by atoms with Gasteiger partial charge in [0, 0.05) is 30.4 Å². The van der Waals surface area contributed by atoms with Crippen LogP contribution in [0.4, 0.5) is 17.1 Å². The van der Waals surface area contributed by atoms with E-state index in [4.69, 9.17) is 0 Å². The minimum absolute atomic E-state index is 0.0227. The highest BCUT2D eigenvalue weighted by Gasteiger charge is 2.06. The average Bonchev–Trinajstić information content (AvgIpc) is 2.61. The number of hydrogen-bond donors (Lipinski definition) is 3. The molecule has 0 saturated carbocycles. The number of hydrogen-bond acceptors (Lipinski definition) is 4. The van der Waals surface area contributed by atoms with Crippen LogP contribution in [0.2, 0.25) is 0 Å². The second-order valence-corrected chi connectivity index (χ2v) is 7.49. The molecule has 3 amide bonds. The molecule has 6 nitrogen and oxygen atoms in total. The number of anilines is 3. The number of aryl methyl sites for hydroxylation is 1. The van der Waals surface area contributed by atoms with E-state index in [0.29, 0.717) is 30.0 Å². The van der Waals surface area contributed by atoms with Crippen LogP contribution in [0.25, 0.3) is 0 Å². The Morgan fingerprint density at radius 2 is 1.46 bits per heavy atom. The van der Waals surface area contributed by atoms with Crippen LogP contribution in [-0.2, 0) is 14.4 Å². The molecule has 7 heteroatoms. The van der Waals surface area contributed by atoms with Crippen molar-refractivity contribution in [2.45, 2.75) is 26.7 Å². The molecule has 0 radical (unpaired) electrons. The first-order valence-corrected chi connectivity index (χ1v) is 10.2. The molecule has 3 N–H and O–H groups in total. The Labute approximate surface area is 169 Å². The lowest BCUT2D eigenvalue weighted by atomic mass is 10.2. The van der Waals surface area contributed by atoms with Crippen molar-refractivity contribution in [1.29, 1.82) is 0 Å². The monoisotopic (exact) mass is 399 g/mol. The van der Waals surface area contributed by atoms with Crippen molar-refractivity contribution in [1.82, 2.24) is 0 Å². The maximum Gasteiger partial charge on any atom is 0.234 e. The van der Waals surface area contributed by atoms with Crippen LogP contribution in [-0.4, -0.2) is 29.2 Å². The lowest BCUT2D eigenvalue weighted by Gasteiger charge is -2.08. The lowest BCUT2D eigenvalue weighted by Crippen LogP contribution is -2.15. The molecular formula is C21H25N3O3S. The van der Waals surface area contributed by atoms with Crippen LogP contribution in [0.5, 0.6) is 0 Å². The third-order valence-corrected chi connectivity index (χ3v) is 4.74. The van der Waals surface area contributed by atoms with E-state index in [-0.39, 0.29) is 17.7 Å². The van der Waals surface area contributed by atoms with Crippen molar-refractivity contribution in [3.8, 4) is 0 Å². The number of benzene rings is 2. The summed E-state index contributed by atoms with van der Waals surface area (Å²) in [5, 5.41) is 8.36. The highest BCUT2D eigenvalue weighted by molar-refractivity contribution is 7.99. The summed E-state index contributed by atoms with van der Waals surface area (Å²) in [6.07, 6.45) is 1.12. The fourth-order valence-electron chi connectivity index (χ4n) is 2.52. The van der Waals surface area contributed by atoms with Crippen molar-refractivity contribution < 1.29 is 14.4 Å². The highest BCUT2D eigenvalue weighted by atomic mass is 32.2. The second-order valence-electron chi connectivity index (χ2n) is 6.38. The predicted octanol–water partition coefficient (Wildman–Crippen LogP) is 4.04. The van der Waals surface area contributed by atoms with E-state index >= 15 is 0 Å². The average molecular weight is 400 g/mol. The van der Waals surface area contributed by atoms with Crippen LogP contribution in [0.1, 0.15) is 25.3 Å². The molecule has 0 aromatic heterocycles. The number of carbonyl (C=O) groups excluding carboxylic acids is 3. The van der Waals surface area contributed by atoms with Gasteiger partial charge in [-0.05, 0) is 55.0 Å². The van der Waals surface area contributed by atoms with Gasteiger partial charge in [0.05, 0.1) is 5.75 Å². The molecular weight excluding hydrogens is 374 g/mol. The first-order chi connectivity index (χ1) is 13.4.